The van der Waals surface area contributed by atoms with Crippen LogP contribution in [0.5, 0.6) is 0 Å². The number of hydrogen-bond donors (Lipinski definition) is 1. The molecule has 1 saturated heterocycles. The van der Waals surface area contributed by atoms with Crippen LogP contribution >= 0.6 is 0 Å². The smallest absolute Gasteiger partial charge is 0.408 e. The van der Waals surface area contributed by atoms with Crippen LogP contribution in [0, 0.1) is 0 Å². The van der Waals surface area contributed by atoms with E-state index in [0.29, 0.717) is 0 Å². The van der Waals surface area contributed by atoms with Crippen molar-refractivity contribution < 1.29 is 19.1 Å². The van der Waals surface area contributed by atoms with Crippen molar-refractivity contribution >= 4 is 12.4 Å². The Hall–Kier alpha value is -1.92. The molecule has 2 rings (SSSR count). The van der Waals surface area contributed by atoms with Gasteiger partial charge >= 0.3 is 6.09 Å². The van der Waals surface area contributed by atoms with Gasteiger partial charge in [-0.2, -0.15) is 0 Å². The summed E-state index contributed by atoms with van der Waals surface area (Å²) in [7, 11) is 0. The van der Waals surface area contributed by atoms with Crippen LogP contribution in [0.2, 0.25) is 0 Å². The second-order valence-corrected chi connectivity index (χ2v) is 7.53. The maximum Gasteiger partial charge on any atom is 0.408 e. The minimum Gasteiger partial charge on any atom is -0.444 e. The predicted octanol–water partition coefficient (Wildman–Crippen LogP) is 2.46. The van der Waals surface area contributed by atoms with Crippen molar-refractivity contribution in [3.63, 3.8) is 0 Å². The maximum absolute atomic E-state index is 12.0. The van der Waals surface area contributed by atoms with Gasteiger partial charge in [0.2, 0.25) is 0 Å². The van der Waals surface area contributed by atoms with E-state index in [4.69, 9.17) is 9.47 Å². The lowest BCUT2D eigenvalue weighted by atomic mass is 9.93. The van der Waals surface area contributed by atoms with Crippen LogP contribution in [0.15, 0.2) is 24.3 Å². The Morgan fingerprint density at radius 2 is 1.80 bits per heavy atom. The summed E-state index contributed by atoms with van der Waals surface area (Å²) in [5.41, 5.74) is 0.144. The molecule has 0 aliphatic carbocycles. The third-order valence-electron chi connectivity index (χ3n) is 4.06. The second-order valence-electron chi connectivity index (χ2n) is 7.53. The molecule has 0 aromatic heterocycles. The number of ether oxygens (including phenoxy) is 2. The number of rotatable bonds is 5. The van der Waals surface area contributed by atoms with Gasteiger partial charge in [-0.3, -0.25) is 4.90 Å². The summed E-state index contributed by atoms with van der Waals surface area (Å²) in [6.07, 6.45) is 0.118. The lowest BCUT2D eigenvalue weighted by Gasteiger charge is -2.29. The third-order valence-corrected chi connectivity index (χ3v) is 4.06. The summed E-state index contributed by atoms with van der Waals surface area (Å²) in [4.78, 5) is 26.0. The number of hydrogen-bond acceptors (Lipinski definition) is 5. The van der Waals surface area contributed by atoms with Gasteiger partial charge in [0.05, 0.1) is 13.2 Å². The van der Waals surface area contributed by atoms with E-state index in [0.717, 1.165) is 50.3 Å². The number of amides is 1. The van der Waals surface area contributed by atoms with Gasteiger partial charge in [0.25, 0.3) is 0 Å². The zero-order valence-corrected chi connectivity index (χ0v) is 15.5. The SMILES string of the molecule is CC(C)(C)OC(=O)NC(C)(C=O)c1ccc(CN2CCOCC2)cc1. The average Bonchev–Trinajstić information content (AvgIpc) is 2.54. The fourth-order valence-electron chi connectivity index (χ4n) is 2.66. The first-order valence-corrected chi connectivity index (χ1v) is 8.59. The molecule has 0 bridgehead atoms. The summed E-state index contributed by atoms with van der Waals surface area (Å²) < 4.78 is 10.6. The van der Waals surface area contributed by atoms with E-state index in [1.165, 1.54) is 0 Å². The first-order chi connectivity index (χ1) is 11.7. The van der Waals surface area contributed by atoms with E-state index >= 15 is 0 Å². The Labute approximate surface area is 149 Å². The number of carbonyl (C=O) groups excluding carboxylic acids is 2. The first-order valence-electron chi connectivity index (χ1n) is 8.59. The van der Waals surface area contributed by atoms with Crippen molar-refractivity contribution in [2.45, 2.75) is 45.4 Å². The van der Waals surface area contributed by atoms with Crippen LogP contribution in [-0.2, 0) is 26.4 Å². The van der Waals surface area contributed by atoms with Gasteiger partial charge in [-0.05, 0) is 38.8 Å². The highest BCUT2D eigenvalue weighted by molar-refractivity contribution is 5.77. The van der Waals surface area contributed by atoms with Gasteiger partial charge in [-0.1, -0.05) is 24.3 Å². The molecule has 1 heterocycles. The topological polar surface area (TPSA) is 67.9 Å². The lowest BCUT2D eigenvalue weighted by molar-refractivity contribution is -0.113. The van der Waals surface area contributed by atoms with Gasteiger partial charge < -0.3 is 19.6 Å². The molecule has 0 spiro atoms. The van der Waals surface area contributed by atoms with Crippen LogP contribution in [0.4, 0.5) is 4.79 Å². The van der Waals surface area contributed by atoms with Crippen LogP contribution < -0.4 is 5.32 Å². The minimum atomic E-state index is -1.13. The molecule has 1 aromatic carbocycles. The van der Waals surface area contributed by atoms with E-state index < -0.39 is 17.2 Å². The van der Waals surface area contributed by atoms with Gasteiger partial charge in [-0.15, -0.1) is 0 Å². The molecule has 0 saturated carbocycles. The van der Waals surface area contributed by atoms with Crippen LogP contribution in [-0.4, -0.2) is 49.2 Å². The molecule has 25 heavy (non-hydrogen) atoms. The molecule has 1 amide bonds. The summed E-state index contributed by atoms with van der Waals surface area (Å²) in [5.74, 6) is 0. The van der Waals surface area contributed by atoms with Gasteiger partial charge in [0.1, 0.15) is 17.4 Å². The second kappa shape index (κ2) is 7.97. The molecular formula is C19H28N2O4. The number of morpholine rings is 1. The predicted molar refractivity (Wildman–Crippen MR) is 95.3 cm³/mol. The zero-order chi connectivity index (χ0) is 18.5. The van der Waals surface area contributed by atoms with Crippen LogP contribution in [0.25, 0.3) is 0 Å². The number of nitrogens with one attached hydrogen (secondary N) is 1. The largest absolute Gasteiger partial charge is 0.444 e. The number of benzene rings is 1. The van der Waals surface area contributed by atoms with Gasteiger partial charge in [0.15, 0.2) is 0 Å². The van der Waals surface area contributed by atoms with E-state index in [9.17, 15) is 9.59 Å². The van der Waals surface area contributed by atoms with Crippen molar-refractivity contribution in [1.29, 1.82) is 0 Å². The normalized spacial score (nSPS) is 18.2. The molecule has 6 nitrogen and oxygen atoms in total. The Balaban J connectivity index is 2.04. The van der Waals surface area contributed by atoms with Crippen LogP contribution in [0.1, 0.15) is 38.8 Å². The van der Waals surface area contributed by atoms with Gasteiger partial charge in [-0.25, -0.2) is 4.79 Å². The molecule has 6 heteroatoms. The Bertz CT molecular complexity index is 588. The summed E-state index contributed by atoms with van der Waals surface area (Å²) in [5, 5.41) is 2.66. The Morgan fingerprint density at radius 1 is 1.20 bits per heavy atom. The fourth-order valence-corrected chi connectivity index (χ4v) is 2.66. The van der Waals surface area contributed by atoms with Crippen molar-refractivity contribution in [2.75, 3.05) is 26.3 Å². The van der Waals surface area contributed by atoms with E-state index in [1.54, 1.807) is 27.7 Å². The quantitative estimate of drug-likeness (QED) is 0.828. The molecule has 0 radical (unpaired) electrons. The molecule has 1 aliphatic heterocycles. The number of alkyl carbamates (subject to hydrolysis) is 1. The number of aldehydes is 1. The van der Waals surface area contributed by atoms with Crippen LogP contribution in [0.3, 0.4) is 0 Å². The molecule has 1 N–H and O–H groups in total. The monoisotopic (exact) mass is 348 g/mol. The Morgan fingerprint density at radius 3 is 2.32 bits per heavy atom. The maximum atomic E-state index is 12.0. The highest BCUT2D eigenvalue weighted by Gasteiger charge is 2.30. The molecule has 1 aromatic rings. The Kier molecular flexibility index (Phi) is 6.19. The van der Waals surface area contributed by atoms with E-state index in [1.807, 2.05) is 24.3 Å². The number of nitrogens with zero attached hydrogens (tertiary/aromatic N) is 1. The lowest BCUT2D eigenvalue weighted by Crippen LogP contribution is -2.46. The van der Waals surface area contributed by atoms with E-state index in [2.05, 4.69) is 10.2 Å². The van der Waals surface area contributed by atoms with Crippen molar-refractivity contribution in [3.8, 4) is 0 Å². The van der Waals surface area contributed by atoms with Crippen molar-refractivity contribution in [3.05, 3.63) is 35.4 Å². The average molecular weight is 348 g/mol. The zero-order valence-electron chi connectivity index (χ0n) is 15.5. The van der Waals surface area contributed by atoms with Crippen molar-refractivity contribution in [1.82, 2.24) is 10.2 Å². The van der Waals surface area contributed by atoms with Crippen molar-refractivity contribution in [2.24, 2.45) is 0 Å². The highest BCUT2D eigenvalue weighted by Crippen LogP contribution is 2.21. The molecular weight excluding hydrogens is 320 g/mol. The molecule has 1 atom stereocenters. The summed E-state index contributed by atoms with van der Waals surface area (Å²) in [6, 6.07) is 7.73. The number of carbonyl (C=O) groups is 2. The molecule has 1 fully saturated rings. The standard InChI is InChI=1S/C19H28N2O4/c1-18(2,3)25-17(23)20-19(4,14-22)16-7-5-15(6-8-16)13-21-9-11-24-12-10-21/h5-8,14H,9-13H2,1-4H3,(H,20,23). The highest BCUT2D eigenvalue weighted by atomic mass is 16.6. The molecule has 1 unspecified atom stereocenters. The summed E-state index contributed by atoms with van der Waals surface area (Å²) >= 11 is 0. The summed E-state index contributed by atoms with van der Waals surface area (Å²) in [6.45, 7) is 11.2. The fraction of sp³-hybridized carbons (Fsp3) is 0.579. The van der Waals surface area contributed by atoms with E-state index in [-0.39, 0.29) is 0 Å². The molecule has 1 aliphatic rings. The minimum absolute atomic E-state index is 0.612. The first kappa shape index (κ1) is 19.4. The molecule has 138 valence electrons. The third kappa shape index (κ3) is 5.83. The van der Waals surface area contributed by atoms with Gasteiger partial charge in [0, 0.05) is 19.6 Å².